The highest BCUT2D eigenvalue weighted by Crippen LogP contribution is 2.17. The zero-order chi connectivity index (χ0) is 17.0. The molecule has 1 fully saturated rings. The molecule has 2 unspecified atom stereocenters. The first-order valence-electron chi connectivity index (χ1n) is 7.73. The van der Waals surface area contributed by atoms with Gasteiger partial charge in [0.15, 0.2) is 9.84 Å². The van der Waals surface area contributed by atoms with E-state index in [1.165, 1.54) is 19.2 Å². The fourth-order valence-electron chi connectivity index (χ4n) is 2.62. The van der Waals surface area contributed by atoms with Crippen LogP contribution in [0, 0.1) is 0 Å². The molecule has 1 aliphatic rings. The summed E-state index contributed by atoms with van der Waals surface area (Å²) in [7, 11) is -1.90. The van der Waals surface area contributed by atoms with Gasteiger partial charge in [-0.2, -0.15) is 0 Å². The smallest absolute Gasteiger partial charge is 0.254 e. The number of hydrogen-bond donors (Lipinski definition) is 1. The van der Waals surface area contributed by atoms with Gasteiger partial charge in [0.1, 0.15) is 0 Å². The van der Waals surface area contributed by atoms with E-state index in [4.69, 9.17) is 4.74 Å². The Balaban J connectivity index is 2.14. The Morgan fingerprint density at radius 3 is 2.57 bits per heavy atom. The van der Waals surface area contributed by atoms with Gasteiger partial charge in [-0.1, -0.05) is 0 Å². The van der Waals surface area contributed by atoms with Gasteiger partial charge in [0.25, 0.3) is 5.91 Å². The lowest BCUT2D eigenvalue weighted by Gasteiger charge is -2.38. The van der Waals surface area contributed by atoms with Crippen molar-refractivity contribution in [2.75, 3.05) is 32.6 Å². The van der Waals surface area contributed by atoms with Crippen LogP contribution in [0.1, 0.15) is 24.2 Å². The highest BCUT2D eigenvalue weighted by molar-refractivity contribution is 7.91. The molecule has 0 aromatic heterocycles. The molecule has 2 atom stereocenters. The SMILES string of the molecule is COCCS(=O)(=O)c1ccc(C(=O)N2CCNC(C)C2C)cc1. The maximum Gasteiger partial charge on any atom is 0.254 e. The van der Waals surface area contributed by atoms with Gasteiger partial charge >= 0.3 is 0 Å². The number of sulfone groups is 1. The van der Waals surface area contributed by atoms with Crippen LogP contribution < -0.4 is 5.32 Å². The first-order chi connectivity index (χ1) is 10.9. The van der Waals surface area contributed by atoms with Crippen molar-refractivity contribution in [2.45, 2.75) is 30.8 Å². The molecule has 0 radical (unpaired) electrons. The second kappa shape index (κ2) is 7.42. The summed E-state index contributed by atoms with van der Waals surface area (Å²) in [5.41, 5.74) is 0.511. The van der Waals surface area contributed by atoms with E-state index in [-0.39, 0.29) is 35.2 Å². The van der Waals surface area contributed by atoms with Crippen LogP contribution in [0.25, 0.3) is 0 Å². The number of benzene rings is 1. The molecule has 6 nitrogen and oxygen atoms in total. The molecule has 23 heavy (non-hydrogen) atoms. The minimum Gasteiger partial charge on any atom is -0.384 e. The van der Waals surface area contributed by atoms with E-state index in [0.29, 0.717) is 12.1 Å². The molecule has 7 heteroatoms. The Labute approximate surface area is 137 Å². The number of piperazine rings is 1. The molecule has 0 spiro atoms. The zero-order valence-corrected chi connectivity index (χ0v) is 14.6. The Morgan fingerprint density at radius 2 is 1.96 bits per heavy atom. The van der Waals surface area contributed by atoms with E-state index in [9.17, 15) is 13.2 Å². The average Bonchev–Trinajstić information content (AvgIpc) is 2.55. The Morgan fingerprint density at radius 1 is 1.30 bits per heavy atom. The maximum atomic E-state index is 12.6. The third-order valence-electron chi connectivity index (χ3n) is 4.31. The van der Waals surface area contributed by atoms with E-state index in [1.807, 2.05) is 11.8 Å². The van der Waals surface area contributed by atoms with Crippen molar-refractivity contribution in [3.63, 3.8) is 0 Å². The lowest BCUT2D eigenvalue weighted by atomic mass is 10.1. The van der Waals surface area contributed by atoms with Gasteiger partial charge in [0.05, 0.1) is 17.3 Å². The van der Waals surface area contributed by atoms with Gasteiger partial charge < -0.3 is 15.0 Å². The van der Waals surface area contributed by atoms with Gasteiger partial charge in [-0.25, -0.2) is 8.42 Å². The topological polar surface area (TPSA) is 75.7 Å². The lowest BCUT2D eigenvalue weighted by molar-refractivity contribution is 0.0603. The second-order valence-electron chi connectivity index (χ2n) is 5.82. The summed E-state index contributed by atoms with van der Waals surface area (Å²) in [6.07, 6.45) is 0. The van der Waals surface area contributed by atoms with Crippen molar-refractivity contribution >= 4 is 15.7 Å². The van der Waals surface area contributed by atoms with Crippen molar-refractivity contribution in [1.29, 1.82) is 0 Å². The Hall–Kier alpha value is -1.44. The van der Waals surface area contributed by atoms with Crippen LogP contribution >= 0.6 is 0 Å². The minimum atomic E-state index is -3.37. The predicted octanol–water partition coefficient (Wildman–Crippen LogP) is 0.929. The van der Waals surface area contributed by atoms with Gasteiger partial charge in [0, 0.05) is 37.8 Å². The van der Waals surface area contributed by atoms with E-state index in [1.54, 1.807) is 12.1 Å². The largest absolute Gasteiger partial charge is 0.384 e. The molecule has 1 heterocycles. The summed E-state index contributed by atoms with van der Waals surface area (Å²) in [5.74, 6) is -0.130. The van der Waals surface area contributed by atoms with Crippen molar-refractivity contribution in [2.24, 2.45) is 0 Å². The molecule has 1 aliphatic heterocycles. The van der Waals surface area contributed by atoms with Gasteiger partial charge in [-0.15, -0.1) is 0 Å². The minimum absolute atomic E-state index is 0.0633. The molecular formula is C16H24N2O4S. The van der Waals surface area contributed by atoms with E-state index < -0.39 is 9.84 Å². The van der Waals surface area contributed by atoms with Crippen LogP contribution in [0.2, 0.25) is 0 Å². The van der Waals surface area contributed by atoms with Crippen LogP contribution in [0.15, 0.2) is 29.2 Å². The first kappa shape index (κ1) is 17.9. The van der Waals surface area contributed by atoms with Gasteiger partial charge in [-0.05, 0) is 38.1 Å². The molecular weight excluding hydrogens is 316 g/mol. The van der Waals surface area contributed by atoms with Gasteiger partial charge in [-0.3, -0.25) is 4.79 Å². The third-order valence-corrected chi connectivity index (χ3v) is 6.01. The summed E-state index contributed by atoms with van der Waals surface area (Å²) >= 11 is 0. The summed E-state index contributed by atoms with van der Waals surface area (Å²) < 4.78 is 29.0. The van der Waals surface area contributed by atoms with E-state index >= 15 is 0 Å². The number of rotatable bonds is 5. The Bertz CT molecular complexity index is 643. The van der Waals surface area contributed by atoms with Crippen LogP contribution in [0.4, 0.5) is 0 Å². The third kappa shape index (κ3) is 4.10. The summed E-state index contributed by atoms with van der Waals surface area (Å²) in [6.45, 7) is 5.63. The van der Waals surface area contributed by atoms with Crippen LogP contribution in [-0.4, -0.2) is 63.9 Å². The number of carbonyl (C=O) groups excluding carboxylic acids is 1. The monoisotopic (exact) mass is 340 g/mol. The molecule has 2 rings (SSSR count). The summed E-state index contributed by atoms with van der Waals surface area (Å²) in [5, 5.41) is 3.33. The molecule has 128 valence electrons. The van der Waals surface area contributed by atoms with Crippen molar-refractivity contribution in [3.8, 4) is 0 Å². The summed E-state index contributed by atoms with van der Waals surface area (Å²) in [4.78, 5) is 14.7. The van der Waals surface area contributed by atoms with Gasteiger partial charge in [0.2, 0.25) is 0 Å². The highest BCUT2D eigenvalue weighted by Gasteiger charge is 2.28. The zero-order valence-electron chi connectivity index (χ0n) is 13.8. The number of hydrogen-bond acceptors (Lipinski definition) is 5. The number of amides is 1. The predicted molar refractivity (Wildman–Crippen MR) is 88.3 cm³/mol. The first-order valence-corrected chi connectivity index (χ1v) is 9.38. The average molecular weight is 340 g/mol. The van der Waals surface area contributed by atoms with E-state index in [2.05, 4.69) is 12.2 Å². The molecule has 1 amide bonds. The normalized spacial score (nSPS) is 22.1. The fourth-order valence-corrected chi connectivity index (χ4v) is 3.80. The van der Waals surface area contributed by atoms with Crippen LogP contribution in [0.3, 0.4) is 0 Å². The van der Waals surface area contributed by atoms with Crippen molar-refractivity contribution in [3.05, 3.63) is 29.8 Å². The van der Waals surface area contributed by atoms with Crippen molar-refractivity contribution in [1.82, 2.24) is 10.2 Å². The molecule has 1 aromatic rings. The molecule has 1 aromatic carbocycles. The number of ether oxygens (including phenoxy) is 1. The molecule has 0 bridgehead atoms. The van der Waals surface area contributed by atoms with E-state index in [0.717, 1.165) is 6.54 Å². The fraction of sp³-hybridized carbons (Fsp3) is 0.562. The lowest BCUT2D eigenvalue weighted by Crippen LogP contribution is -2.57. The number of nitrogens with one attached hydrogen (secondary N) is 1. The van der Waals surface area contributed by atoms with Crippen molar-refractivity contribution < 1.29 is 17.9 Å². The van der Waals surface area contributed by atoms with Crippen LogP contribution in [0.5, 0.6) is 0 Å². The number of carbonyl (C=O) groups is 1. The molecule has 1 N–H and O–H groups in total. The molecule has 0 aliphatic carbocycles. The standard InChI is InChI=1S/C16H24N2O4S/c1-12-13(2)18(9-8-17-12)16(19)14-4-6-15(7-5-14)23(20,21)11-10-22-3/h4-7,12-13,17H,8-11H2,1-3H3. The maximum absolute atomic E-state index is 12.6. The second-order valence-corrected chi connectivity index (χ2v) is 7.93. The number of methoxy groups -OCH3 is 1. The Kier molecular flexibility index (Phi) is 5.78. The van der Waals surface area contributed by atoms with Crippen LogP contribution in [-0.2, 0) is 14.6 Å². The molecule has 1 saturated heterocycles. The highest BCUT2D eigenvalue weighted by atomic mass is 32.2. The summed E-state index contributed by atoms with van der Waals surface area (Å²) in [6, 6.07) is 6.49. The molecule has 0 saturated carbocycles. The quantitative estimate of drug-likeness (QED) is 0.863. The number of nitrogens with zero attached hydrogens (tertiary/aromatic N) is 1.